The topological polar surface area (TPSA) is 70.2 Å². The van der Waals surface area contributed by atoms with Gasteiger partial charge in [-0.3, -0.25) is 0 Å². The van der Waals surface area contributed by atoms with E-state index in [0.29, 0.717) is 5.82 Å². The molecule has 5 nitrogen and oxygen atoms in total. The van der Waals surface area contributed by atoms with Crippen molar-refractivity contribution in [1.82, 2.24) is 24.9 Å². The van der Waals surface area contributed by atoms with E-state index in [2.05, 4.69) is 198 Å². The van der Waals surface area contributed by atoms with Crippen LogP contribution in [0.4, 0.5) is 0 Å². The minimum Gasteiger partial charge on any atom is -0.353 e. The Morgan fingerprint density at radius 2 is 0.621 bits per heavy atom. The van der Waals surface area contributed by atoms with Crippen LogP contribution < -0.4 is 0 Å². The zero-order valence-electron chi connectivity index (χ0n) is 31.2. The van der Waals surface area contributed by atoms with Crippen LogP contribution in [-0.2, 0) is 0 Å². The van der Waals surface area contributed by atoms with Crippen LogP contribution in [0.15, 0.2) is 188 Å². The molecule has 5 heterocycles. The predicted molar refractivity (Wildman–Crippen MR) is 239 cm³/mol. The number of fused-ring (bicyclic) bond motifs is 20. The van der Waals surface area contributed by atoms with E-state index < -0.39 is 0 Å². The Balaban J connectivity index is 1.41. The Kier molecular flexibility index (Phi) is 7.16. The van der Waals surface area contributed by atoms with E-state index in [9.17, 15) is 0 Å². The molecule has 12 rings (SSSR count). The van der Waals surface area contributed by atoms with Crippen LogP contribution in [0.2, 0.25) is 0 Å². The molecule has 0 fully saturated rings. The summed E-state index contributed by atoms with van der Waals surface area (Å²) in [6, 6.07) is 66.2. The smallest absolute Gasteiger partial charge is 0.162 e. The van der Waals surface area contributed by atoms with Gasteiger partial charge in [-0.25, -0.2) is 15.0 Å². The van der Waals surface area contributed by atoms with Crippen LogP contribution in [0, 0.1) is 0 Å². The summed E-state index contributed by atoms with van der Waals surface area (Å²) in [5.74, 6) is 0.665. The average molecular weight is 740 g/mol. The Morgan fingerprint density at radius 3 is 1.10 bits per heavy atom. The molecule has 0 unspecified atom stereocenters. The summed E-state index contributed by atoms with van der Waals surface area (Å²) < 4.78 is 0. The van der Waals surface area contributed by atoms with Gasteiger partial charge in [0.1, 0.15) is 5.65 Å². The van der Waals surface area contributed by atoms with Crippen molar-refractivity contribution in [2.24, 2.45) is 0 Å². The third-order valence-corrected chi connectivity index (χ3v) is 11.6. The fourth-order valence-electron chi connectivity index (χ4n) is 9.03. The molecule has 10 aromatic rings. The molecule has 0 saturated carbocycles. The highest BCUT2D eigenvalue weighted by Gasteiger charge is 2.28. The van der Waals surface area contributed by atoms with Crippen molar-refractivity contribution in [3.8, 4) is 78.5 Å². The van der Waals surface area contributed by atoms with Crippen molar-refractivity contribution < 1.29 is 0 Å². The first-order chi connectivity index (χ1) is 28.8. The van der Waals surface area contributed by atoms with Gasteiger partial charge in [0.2, 0.25) is 0 Å². The molecule has 0 aliphatic carbocycles. The normalized spacial score (nSPS) is 11.8. The maximum atomic E-state index is 5.78. The average Bonchev–Trinajstić information content (AvgIpc) is 4.05. The summed E-state index contributed by atoms with van der Waals surface area (Å²) >= 11 is 0. The molecule has 0 amide bonds. The summed E-state index contributed by atoms with van der Waals surface area (Å²) in [5, 5.41) is 4.29. The van der Waals surface area contributed by atoms with Crippen molar-refractivity contribution in [2.45, 2.75) is 0 Å². The van der Waals surface area contributed by atoms with E-state index in [-0.39, 0.29) is 0 Å². The molecule has 3 aromatic heterocycles. The summed E-state index contributed by atoms with van der Waals surface area (Å²) in [6.45, 7) is 0. The van der Waals surface area contributed by atoms with E-state index in [4.69, 9.17) is 15.0 Å². The van der Waals surface area contributed by atoms with Crippen LogP contribution in [0.3, 0.4) is 0 Å². The fraction of sp³-hybridized carbons (Fsp3) is 0. The van der Waals surface area contributed by atoms with Crippen molar-refractivity contribution in [2.75, 3.05) is 0 Å². The van der Waals surface area contributed by atoms with Gasteiger partial charge in [-0.15, -0.1) is 0 Å². The second-order valence-electron chi connectivity index (χ2n) is 14.8. The standard InChI is InChI=1S/C53H33N5/c1-4-18-32(19-5-1)43-46-35-24-10-12-26-37(35)48(54-46)44(33-20-6-2-7-21-33)50-39-28-14-16-30-41(39)52(56-50)58-53-42-31-17-15-29-40(42)51(57-53)45(34-22-8-3-9-23-34)49-38-27-13-11-25-36(38)47(43)55-49/h1-31,54H,(H,56,57,58). The lowest BCUT2D eigenvalue weighted by Gasteiger charge is -2.08. The number of aromatic nitrogens is 5. The SMILES string of the molecule is c1ccc(-c2c3nc(c(-c4ccccc4)c4[nH]c(c(-c5ccccc5)c5nc(nc6[nH]c2c2ccccc62)-c2ccccc2-5)c2ccccc42)-c2ccccc2-3)cc1. The van der Waals surface area contributed by atoms with Crippen LogP contribution >= 0.6 is 0 Å². The Labute approximate surface area is 334 Å². The monoisotopic (exact) mass is 739 g/mol. The Hall–Kier alpha value is -7.89. The third kappa shape index (κ3) is 4.87. The first-order valence-corrected chi connectivity index (χ1v) is 19.6. The molecule has 2 N–H and O–H groups in total. The molecule has 0 atom stereocenters. The molecule has 8 bridgehead atoms. The Bertz CT molecular complexity index is 3400. The molecule has 5 heteroatoms. The van der Waals surface area contributed by atoms with Crippen LogP contribution in [0.1, 0.15) is 0 Å². The van der Waals surface area contributed by atoms with Crippen LogP contribution in [-0.4, -0.2) is 24.9 Å². The minimum atomic E-state index is 0.665. The highest BCUT2D eigenvalue weighted by Crippen LogP contribution is 2.49. The van der Waals surface area contributed by atoms with Crippen LogP contribution in [0.25, 0.3) is 122 Å². The van der Waals surface area contributed by atoms with E-state index in [1.807, 2.05) is 0 Å². The Morgan fingerprint density at radius 1 is 0.276 bits per heavy atom. The number of H-pyrrole nitrogens is 2. The number of nitrogens with one attached hydrogen (secondary N) is 2. The lowest BCUT2D eigenvalue weighted by molar-refractivity contribution is 1.27. The van der Waals surface area contributed by atoms with E-state index >= 15 is 0 Å². The van der Waals surface area contributed by atoms with Gasteiger partial charge in [-0.05, 0) is 16.7 Å². The van der Waals surface area contributed by atoms with Gasteiger partial charge in [0.05, 0.1) is 33.6 Å². The molecule has 0 spiro atoms. The van der Waals surface area contributed by atoms with E-state index in [1.54, 1.807) is 0 Å². The minimum absolute atomic E-state index is 0.665. The number of nitrogens with zero attached hydrogens (tertiary/aromatic N) is 3. The number of benzene rings is 7. The van der Waals surface area contributed by atoms with Crippen molar-refractivity contribution >= 4 is 43.7 Å². The zero-order chi connectivity index (χ0) is 38.2. The number of aromatic amines is 2. The van der Waals surface area contributed by atoms with Gasteiger partial charge in [0, 0.05) is 60.5 Å². The first-order valence-electron chi connectivity index (χ1n) is 19.6. The lowest BCUT2D eigenvalue weighted by atomic mass is 9.94. The molecule has 270 valence electrons. The third-order valence-electron chi connectivity index (χ3n) is 11.6. The number of hydrogen-bond donors (Lipinski definition) is 2. The fourth-order valence-corrected chi connectivity index (χ4v) is 9.03. The largest absolute Gasteiger partial charge is 0.353 e. The summed E-state index contributed by atoms with van der Waals surface area (Å²) in [4.78, 5) is 24.6. The van der Waals surface area contributed by atoms with Gasteiger partial charge in [-0.1, -0.05) is 188 Å². The van der Waals surface area contributed by atoms with Gasteiger partial charge >= 0.3 is 0 Å². The summed E-state index contributed by atoms with van der Waals surface area (Å²) in [7, 11) is 0. The van der Waals surface area contributed by atoms with Crippen LogP contribution in [0.5, 0.6) is 0 Å². The van der Waals surface area contributed by atoms with Gasteiger partial charge in [0.15, 0.2) is 5.82 Å². The van der Waals surface area contributed by atoms with Gasteiger partial charge < -0.3 is 9.97 Å². The second-order valence-corrected chi connectivity index (χ2v) is 14.8. The molecule has 2 aliphatic rings. The van der Waals surface area contributed by atoms with E-state index in [1.165, 1.54) is 0 Å². The van der Waals surface area contributed by atoms with Gasteiger partial charge in [0.25, 0.3) is 0 Å². The number of hydrogen-bond acceptors (Lipinski definition) is 3. The molecular formula is C53H33N5. The maximum Gasteiger partial charge on any atom is 0.162 e. The molecule has 2 aliphatic heterocycles. The highest BCUT2D eigenvalue weighted by atomic mass is 15.0. The molecular weight excluding hydrogens is 707 g/mol. The lowest BCUT2D eigenvalue weighted by Crippen LogP contribution is -1.87. The molecule has 0 saturated heterocycles. The van der Waals surface area contributed by atoms with Gasteiger partial charge in [-0.2, -0.15) is 0 Å². The summed E-state index contributed by atoms with van der Waals surface area (Å²) in [6.07, 6.45) is 0. The highest BCUT2D eigenvalue weighted by molar-refractivity contribution is 6.19. The van der Waals surface area contributed by atoms with E-state index in [0.717, 1.165) is 116 Å². The first kappa shape index (κ1) is 32.4. The van der Waals surface area contributed by atoms with Crippen molar-refractivity contribution in [3.05, 3.63) is 188 Å². The molecule has 58 heavy (non-hydrogen) atoms. The number of rotatable bonds is 3. The molecule has 7 aromatic carbocycles. The molecule has 0 radical (unpaired) electrons. The zero-order valence-corrected chi connectivity index (χ0v) is 31.2. The maximum absolute atomic E-state index is 5.78. The quantitative estimate of drug-likeness (QED) is 0.190. The van der Waals surface area contributed by atoms with Crippen molar-refractivity contribution in [1.29, 1.82) is 0 Å². The summed E-state index contributed by atoms with van der Waals surface area (Å²) in [5.41, 5.74) is 16.8. The predicted octanol–water partition coefficient (Wildman–Crippen LogP) is 13.7. The van der Waals surface area contributed by atoms with Crippen molar-refractivity contribution in [3.63, 3.8) is 0 Å². The second kappa shape index (κ2) is 12.8.